The summed E-state index contributed by atoms with van der Waals surface area (Å²) >= 11 is 0. The maximum atomic E-state index is 13.2. The van der Waals surface area contributed by atoms with Gasteiger partial charge in [-0.3, -0.25) is 4.79 Å². The molecule has 2 fully saturated rings. The molecule has 0 aromatic rings. The van der Waals surface area contributed by atoms with Gasteiger partial charge in [0.1, 0.15) is 48.8 Å². The highest BCUT2D eigenvalue weighted by molar-refractivity contribution is 5.76. The van der Waals surface area contributed by atoms with Crippen LogP contribution < -0.4 is 5.32 Å². The molecule has 1 amide bonds. The lowest BCUT2D eigenvalue weighted by Gasteiger charge is -2.46. The minimum absolute atomic E-state index is 0.238. The molecule has 0 saturated carbocycles. The minimum Gasteiger partial charge on any atom is -0.394 e. The van der Waals surface area contributed by atoms with E-state index in [-0.39, 0.29) is 18.9 Å². The molecule has 2 aliphatic rings. The van der Waals surface area contributed by atoms with E-state index in [0.29, 0.717) is 6.42 Å². The van der Waals surface area contributed by atoms with E-state index < -0.39 is 86.8 Å². The van der Waals surface area contributed by atoms with Gasteiger partial charge < -0.3 is 65.1 Å². The first kappa shape index (κ1) is 64.6. The first-order valence-electron chi connectivity index (χ1n) is 28.6. The minimum atomic E-state index is -1.79. The number of carbonyl (C=O) groups is 1. The zero-order valence-corrected chi connectivity index (χ0v) is 44.0. The van der Waals surface area contributed by atoms with E-state index in [1.807, 2.05) is 6.08 Å². The van der Waals surface area contributed by atoms with Gasteiger partial charge in [-0.2, -0.15) is 0 Å². The summed E-state index contributed by atoms with van der Waals surface area (Å²) in [5.41, 5.74) is 0. The fraction of sp³-hybridized carbons (Fsp3) is 0.911. The van der Waals surface area contributed by atoms with Crippen LogP contribution in [0.4, 0.5) is 0 Å². The molecule has 412 valence electrons. The maximum absolute atomic E-state index is 13.2. The van der Waals surface area contributed by atoms with Crippen molar-refractivity contribution in [3.8, 4) is 0 Å². The average molecular weight is 1000 g/mol. The molecule has 70 heavy (non-hydrogen) atoms. The first-order valence-corrected chi connectivity index (χ1v) is 28.6. The Balaban J connectivity index is 1.75. The number of aliphatic hydroxyl groups excluding tert-OH is 8. The van der Waals surface area contributed by atoms with Gasteiger partial charge in [0.05, 0.1) is 32.0 Å². The van der Waals surface area contributed by atoms with Crippen LogP contribution in [-0.4, -0.2) is 140 Å². The largest absolute Gasteiger partial charge is 0.394 e. The lowest BCUT2D eigenvalue weighted by Crippen LogP contribution is -2.65. The van der Waals surface area contributed by atoms with Crippen molar-refractivity contribution in [1.82, 2.24) is 5.32 Å². The molecule has 0 spiro atoms. The third-order valence-corrected chi connectivity index (χ3v) is 14.1. The molecule has 14 heteroatoms. The van der Waals surface area contributed by atoms with Crippen molar-refractivity contribution < 1.29 is 64.6 Å². The maximum Gasteiger partial charge on any atom is 0.220 e. The number of carbonyl (C=O) groups excluding carboxylic acids is 1. The summed E-state index contributed by atoms with van der Waals surface area (Å²) in [7, 11) is 0. The second-order valence-corrected chi connectivity index (χ2v) is 20.4. The van der Waals surface area contributed by atoms with Gasteiger partial charge in [0, 0.05) is 6.42 Å². The lowest BCUT2D eigenvalue weighted by molar-refractivity contribution is -0.359. The Bertz CT molecular complexity index is 1270. The molecule has 0 aromatic heterocycles. The third-order valence-electron chi connectivity index (χ3n) is 14.1. The van der Waals surface area contributed by atoms with Gasteiger partial charge in [0.2, 0.25) is 5.91 Å². The molecule has 2 saturated heterocycles. The quantitative estimate of drug-likeness (QED) is 0.0205. The van der Waals surface area contributed by atoms with E-state index in [1.165, 1.54) is 167 Å². The van der Waals surface area contributed by atoms with Crippen LogP contribution in [-0.2, 0) is 23.7 Å². The summed E-state index contributed by atoms with van der Waals surface area (Å²) in [6.45, 7) is 2.79. The van der Waals surface area contributed by atoms with Crippen LogP contribution >= 0.6 is 0 Å². The Morgan fingerprint density at radius 2 is 0.900 bits per heavy atom. The predicted octanol–water partition coefficient (Wildman–Crippen LogP) is 8.89. The standard InChI is InChI=1S/C56H105NO13/c1-3-5-7-9-11-13-15-17-18-19-20-21-22-23-24-25-26-28-30-32-34-36-38-40-48(61)57-44(45(60)39-37-35-33-31-29-27-16-14-12-10-8-6-4-2)43-67-55-53(66)51(64)54(47(42-59)69-55)70-56-52(65)50(63)49(62)46(41-58)68-56/h17-18,37,39,44-47,49-56,58-60,62-66H,3-16,19-36,38,40-43H2,1-2H3,(H,57,61)/b18-17-,39-37+/t44-,45+,46?,47?,49-,50-,51+,52?,53?,54+,55+,56-/m0/s1. The summed E-state index contributed by atoms with van der Waals surface area (Å²) in [4.78, 5) is 13.2. The van der Waals surface area contributed by atoms with Crippen molar-refractivity contribution in [1.29, 1.82) is 0 Å². The first-order chi connectivity index (χ1) is 34.1. The van der Waals surface area contributed by atoms with Crippen LogP contribution in [0.15, 0.2) is 24.3 Å². The number of nitrogens with one attached hydrogen (secondary N) is 1. The fourth-order valence-electron chi connectivity index (χ4n) is 9.46. The van der Waals surface area contributed by atoms with Crippen LogP contribution in [0.3, 0.4) is 0 Å². The Morgan fingerprint density at radius 3 is 1.36 bits per heavy atom. The van der Waals surface area contributed by atoms with Crippen LogP contribution in [0, 0.1) is 0 Å². The number of hydrogen-bond donors (Lipinski definition) is 9. The van der Waals surface area contributed by atoms with Crippen LogP contribution in [0.2, 0.25) is 0 Å². The van der Waals surface area contributed by atoms with Crippen molar-refractivity contribution in [2.45, 2.75) is 306 Å². The fourth-order valence-corrected chi connectivity index (χ4v) is 9.46. The molecule has 9 N–H and O–H groups in total. The van der Waals surface area contributed by atoms with Gasteiger partial charge in [0.25, 0.3) is 0 Å². The summed E-state index contributed by atoms with van der Waals surface area (Å²) in [6, 6.07) is -0.911. The highest BCUT2D eigenvalue weighted by atomic mass is 16.7. The molecule has 2 heterocycles. The van der Waals surface area contributed by atoms with E-state index in [9.17, 15) is 45.6 Å². The molecular weight excluding hydrogens is 895 g/mol. The van der Waals surface area contributed by atoms with Gasteiger partial charge in [-0.25, -0.2) is 0 Å². The molecule has 0 bridgehead atoms. The zero-order chi connectivity index (χ0) is 51.0. The van der Waals surface area contributed by atoms with Crippen molar-refractivity contribution in [2.75, 3.05) is 19.8 Å². The monoisotopic (exact) mass is 1000 g/mol. The lowest BCUT2D eigenvalue weighted by atomic mass is 9.97. The number of rotatable bonds is 45. The van der Waals surface area contributed by atoms with Gasteiger partial charge in [-0.15, -0.1) is 0 Å². The van der Waals surface area contributed by atoms with Crippen LogP contribution in [0.25, 0.3) is 0 Å². The smallest absolute Gasteiger partial charge is 0.220 e. The van der Waals surface area contributed by atoms with Gasteiger partial charge in [0.15, 0.2) is 12.6 Å². The van der Waals surface area contributed by atoms with E-state index in [4.69, 9.17) is 18.9 Å². The molecule has 12 atom stereocenters. The van der Waals surface area contributed by atoms with Gasteiger partial charge in [-0.1, -0.05) is 205 Å². The summed E-state index contributed by atoms with van der Waals surface area (Å²) in [5.74, 6) is -0.238. The molecular formula is C56H105NO13. The predicted molar refractivity (Wildman–Crippen MR) is 277 cm³/mol. The number of unbranched alkanes of at least 4 members (excludes halogenated alkanes) is 30. The van der Waals surface area contributed by atoms with Crippen molar-refractivity contribution >= 4 is 5.91 Å². The SMILES string of the molecule is CCCCCCCC/C=C\CCCCCCCCCCCCCCCC(=O)N[C@@H](CO[C@@H]1OC(CO)[C@@H](O[C@@H]2OC(CO)[C@H](O)[C@H](O)C2O)[C@H](O)C1O)[C@H](O)/C=C/CCCCCCCCCCCCC. The van der Waals surface area contributed by atoms with E-state index in [0.717, 1.165) is 38.5 Å². The molecule has 4 unspecified atom stereocenters. The van der Waals surface area contributed by atoms with Crippen molar-refractivity contribution in [3.05, 3.63) is 24.3 Å². The number of ether oxygens (including phenoxy) is 4. The molecule has 2 aliphatic heterocycles. The molecule has 14 nitrogen and oxygen atoms in total. The zero-order valence-electron chi connectivity index (χ0n) is 44.0. The van der Waals surface area contributed by atoms with E-state index in [2.05, 4.69) is 31.3 Å². The summed E-state index contributed by atoms with van der Waals surface area (Å²) in [5, 5.41) is 86.9. The van der Waals surface area contributed by atoms with Crippen LogP contribution in [0.1, 0.15) is 232 Å². The van der Waals surface area contributed by atoms with Gasteiger partial charge in [-0.05, 0) is 44.9 Å². The van der Waals surface area contributed by atoms with Gasteiger partial charge >= 0.3 is 0 Å². The number of hydrogen-bond acceptors (Lipinski definition) is 13. The number of allylic oxidation sites excluding steroid dienone is 3. The van der Waals surface area contributed by atoms with E-state index >= 15 is 0 Å². The Hall–Kier alpha value is -1.53. The molecule has 0 aromatic carbocycles. The second kappa shape index (κ2) is 42.8. The van der Waals surface area contributed by atoms with E-state index in [1.54, 1.807) is 6.08 Å². The summed E-state index contributed by atoms with van der Waals surface area (Å²) < 4.78 is 22.7. The van der Waals surface area contributed by atoms with Crippen molar-refractivity contribution in [3.63, 3.8) is 0 Å². The highest BCUT2D eigenvalue weighted by Gasteiger charge is 2.51. The average Bonchev–Trinajstić information content (AvgIpc) is 3.36. The second-order valence-electron chi connectivity index (χ2n) is 20.4. The molecule has 0 radical (unpaired) electrons. The highest BCUT2D eigenvalue weighted by Crippen LogP contribution is 2.30. The third kappa shape index (κ3) is 28.8. The normalized spacial score (nSPS) is 26.1. The Morgan fingerprint density at radius 1 is 0.500 bits per heavy atom. The summed E-state index contributed by atoms with van der Waals surface area (Å²) in [6.07, 6.45) is 32.2. The number of aliphatic hydroxyl groups is 8. The topological polar surface area (TPSA) is 228 Å². The van der Waals surface area contributed by atoms with Crippen molar-refractivity contribution in [2.24, 2.45) is 0 Å². The Kier molecular flexibility index (Phi) is 39.5. The Labute approximate surface area is 424 Å². The molecule has 0 aliphatic carbocycles. The number of amides is 1. The molecule has 2 rings (SSSR count). The van der Waals surface area contributed by atoms with Crippen LogP contribution in [0.5, 0.6) is 0 Å².